The van der Waals surface area contributed by atoms with Crippen molar-refractivity contribution >= 4 is 5.91 Å². The van der Waals surface area contributed by atoms with Crippen molar-refractivity contribution in [2.75, 3.05) is 6.54 Å². The van der Waals surface area contributed by atoms with Crippen molar-refractivity contribution in [2.24, 2.45) is 23.5 Å². The standard InChI is InChI=1S/C15H26N2O/c16-15(5-1-2-6-15)9-14(18)17-10-13-8-11-3-4-12(13)7-11/h11-13H,1-10,16H2,(H,17,18). The molecule has 0 radical (unpaired) electrons. The van der Waals surface area contributed by atoms with Gasteiger partial charge in [-0.05, 0) is 49.9 Å². The second-order valence-corrected chi connectivity index (χ2v) is 6.99. The van der Waals surface area contributed by atoms with Gasteiger partial charge in [0.05, 0.1) is 0 Å². The summed E-state index contributed by atoms with van der Waals surface area (Å²) in [7, 11) is 0. The molecule has 1 amide bonds. The third-order valence-corrected chi connectivity index (χ3v) is 5.56. The third kappa shape index (κ3) is 2.56. The zero-order valence-electron chi connectivity index (χ0n) is 11.3. The number of hydrogen-bond donors (Lipinski definition) is 2. The van der Waals surface area contributed by atoms with E-state index in [0.717, 1.165) is 37.1 Å². The highest BCUT2D eigenvalue weighted by Gasteiger charge is 2.39. The van der Waals surface area contributed by atoms with Gasteiger partial charge in [0.2, 0.25) is 5.91 Å². The van der Waals surface area contributed by atoms with Gasteiger partial charge in [-0.2, -0.15) is 0 Å². The molecule has 3 rings (SSSR count). The summed E-state index contributed by atoms with van der Waals surface area (Å²) in [5.41, 5.74) is 6.05. The first kappa shape index (κ1) is 12.5. The van der Waals surface area contributed by atoms with Crippen LogP contribution < -0.4 is 11.1 Å². The van der Waals surface area contributed by atoms with Crippen molar-refractivity contribution in [1.29, 1.82) is 0 Å². The fraction of sp³-hybridized carbons (Fsp3) is 0.933. The molecule has 0 saturated heterocycles. The van der Waals surface area contributed by atoms with Crippen LogP contribution in [0.2, 0.25) is 0 Å². The van der Waals surface area contributed by atoms with Crippen LogP contribution in [0.4, 0.5) is 0 Å². The zero-order valence-corrected chi connectivity index (χ0v) is 11.3. The fourth-order valence-corrected chi connectivity index (χ4v) is 4.51. The van der Waals surface area contributed by atoms with Gasteiger partial charge in [0.25, 0.3) is 0 Å². The maximum Gasteiger partial charge on any atom is 0.221 e. The van der Waals surface area contributed by atoms with Crippen molar-refractivity contribution < 1.29 is 4.79 Å². The summed E-state index contributed by atoms with van der Waals surface area (Å²) in [4.78, 5) is 12.0. The molecule has 2 bridgehead atoms. The first-order chi connectivity index (χ1) is 8.65. The number of hydrogen-bond acceptors (Lipinski definition) is 2. The molecule has 3 heteroatoms. The average Bonchev–Trinajstić information content (AvgIpc) is 3.02. The van der Waals surface area contributed by atoms with Crippen LogP contribution in [-0.4, -0.2) is 18.0 Å². The minimum Gasteiger partial charge on any atom is -0.356 e. The lowest BCUT2D eigenvalue weighted by molar-refractivity contribution is -0.122. The average molecular weight is 250 g/mol. The summed E-state index contributed by atoms with van der Waals surface area (Å²) in [6.45, 7) is 0.899. The molecule has 3 aliphatic carbocycles. The van der Waals surface area contributed by atoms with Crippen LogP contribution in [0.15, 0.2) is 0 Å². The van der Waals surface area contributed by atoms with Gasteiger partial charge in [0.1, 0.15) is 0 Å². The van der Waals surface area contributed by atoms with Crippen LogP contribution in [0.3, 0.4) is 0 Å². The number of fused-ring (bicyclic) bond motifs is 2. The van der Waals surface area contributed by atoms with Gasteiger partial charge in [-0.1, -0.05) is 19.3 Å². The monoisotopic (exact) mass is 250 g/mol. The van der Waals surface area contributed by atoms with Crippen molar-refractivity contribution in [3.8, 4) is 0 Å². The lowest BCUT2D eigenvalue weighted by Crippen LogP contribution is -2.43. The predicted octanol–water partition coefficient (Wildman–Crippen LogP) is 2.20. The van der Waals surface area contributed by atoms with Crippen LogP contribution in [0.5, 0.6) is 0 Å². The molecule has 102 valence electrons. The third-order valence-electron chi connectivity index (χ3n) is 5.56. The molecule has 0 aromatic heterocycles. The molecular formula is C15H26N2O. The van der Waals surface area contributed by atoms with Crippen LogP contribution in [0, 0.1) is 17.8 Å². The van der Waals surface area contributed by atoms with Crippen LogP contribution in [0.25, 0.3) is 0 Å². The second kappa shape index (κ2) is 4.84. The zero-order chi connectivity index (χ0) is 12.6. The van der Waals surface area contributed by atoms with E-state index in [2.05, 4.69) is 5.32 Å². The van der Waals surface area contributed by atoms with Gasteiger partial charge in [-0.15, -0.1) is 0 Å². The van der Waals surface area contributed by atoms with E-state index in [1.807, 2.05) is 0 Å². The van der Waals surface area contributed by atoms with E-state index >= 15 is 0 Å². The molecule has 3 saturated carbocycles. The molecule has 3 N–H and O–H groups in total. The highest BCUT2D eigenvalue weighted by atomic mass is 16.1. The van der Waals surface area contributed by atoms with E-state index in [1.165, 1.54) is 38.5 Å². The lowest BCUT2D eigenvalue weighted by atomic mass is 9.88. The molecule has 0 heterocycles. The molecule has 0 spiro atoms. The van der Waals surface area contributed by atoms with Gasteiger partial charge in [-0.3, -0.25) is 4.79 Å². The predicted molar refractivity (Wildman–Crippen MR) is 72.0 cm³/mol. The molecule has 3 fully saturated rings. The summed E-state index contributed by atoms with van der Waals surface area (Å²) < 4.78 is 0. The Bertz CT molecular complexity index is 322. The van der Waals surface area contributed by atoms with Gasteiger partial charge in [-0.25, -0.2) is 0 Å². The molecule has 0 aromatic carbocycles. The number of amides is 1. The molecule has 18 heavy (non-hydrogen) atoms. The molecule has 3 atom stereocenters. The Hall–Kier alpha value is -0.570. The highest BCUT2D eigenvalue weighted by Crippen LogP contribution is 2.47. The first-order valence-electron chi connectivity index (χ1n) is 7.70. The number of carbonyl (C=O) groups excluding carboxylic acids is 1. The van der Waals surface area contributed by atoms with Gasteiger partial charge in [0, 0.05) is 18.5 Å². The van der Waals surface area contributed by atoms with E-state index < -0.39 is 0 Å². The van der Waals surface area contributed by atoms with E-state index in [0.29, 0.717) is 6.42 Å². The Labute approximate surface area is 110 Å². The minimum atomic E-state index is -0.196. The summed E-state index contributed by atoms with van der Waals surface area (Å²) >= 11 is 0. The summed E-state index contributed by atoms with van der Waals surface area (Å²) in [6, 6.07) is 0. The number of rotatable bonds is 4. The van der Waals surface area contributed by atoms with Crippen LogP contribution in [0.1, 0.15) is 57.8 Å². The Morgan fingerprint density at radius 1 is 1.22 bits per heavy atom. The molecular weight excluding hydrogens is 224 g/mol. The Balaban J connectivity index is 1.42. The van der Waals surface area contributed by atoms with Crippen molar-refractivity contribution in [3.05, 3.63) is 0 Å². The normalized spacial score (nSPS) is 37.1. The van der Waals surface area contributed by atoms with Crippen molar-refractivity contribution in [1.82, 2.24) is 5.32 Å². The van der Waals surface area contributed by atoms with Gasteiger partial charge in [0.15, 0.2) is 0 Å². The maximum atomic E-state index is 12.0. The topological polar surface area (TPSA) is 55.1 Å². The van der Waals surface area contributed by atoms with Crippen molar-refractivity contribution in [2.45, 2.75) is 63.3 Å². The Morgan fingerprint density at radius 2 is 2.00 bits per heavy atom. The SMILES string of the molecule is NC1(CC(=O)NCC2CC3CCC2C3)CCCC1. The quantitative estimate of drug-likeness (QED) is 0.803. The van der Waals surface area contributed by atoms with E-state index in [1.54, 1.807) is 0 Å². The second-order valence-electron chi connectivity index (χ2n) is 6.99. The number of carbonyl (C=O) groups is 1. The highest BCUT2D eigenvalue weighted by molar-refractivity contribution is 5.77. The largest absolute Gasteiger partial charge is 0.356 e. The fourth-order valence-electron chi connectivity index (χ4n) is 4.51. The maximum absolute atomic E-state index is 12.0. The Morgan fingerprint density at radius 3 is 2.61 bits per heavy atom. The lowest BCUT2D eigenvalue weighted by Gasteiger charge is -2.25. The molecule has 3 aliphatic rings. The minimum absolute atomic E-state index is 0.183. The number of nitrogens with one attached hydrogen (secondary N) is 1. The summed E-state index contributed by atoms with van der Waals surface area (Å²) in [5, 5.41) is 3.14. The van der Waals surface area contributed by atoms with Crippen LogP contribution in [-0.2, 0) is 4.79 Å². The molecule has 3 unspecified atom stereocenters. The van der Waals surface area contributed by atoms with Crippen molar-refractivity contribution in [3.63, 3.8) is 0 Å². The smallest absolute Gasteiger partial charge is 0.221 e. The van der Waals surface area contributed by atoms with Gasteiger partial charge >= 0.3 is 0 Å². The summed E-state index contributed by atoms with van der Waals surface area (Å²) in [5.74, 6) is 2.80. The number of nitrogens with two attached hydrogens (primary N) is 1. The Kier molecular flexibility index (Phi) is 3.35. The molecule has 3 nitrogen and oxygen atoms in total. The van der Waals surface area contributed by atoms with Gasteiger partial charge < -0.3 is 11.1 Å². The molecule has 0 aliphatic heterocycles. The van der Waals surface area contributed by atoms with E-state index in [-0.39, 0.29) is 11.4 Å². The molecule has 0 aromatic rings. The van der Waals surface area contributed by atoms with Crippen LogP contribution >= 0.6 is 0 Å². The van der Waals surface area contributed by atoms with E-state index in [4.69, 9.17) is 5.73 Å². The first-order valence-corrected chi connectivity index (χ1v) is 7.70. The van der Waals surface area contributed by atoms with E-state index in [9.17, 15) is 4.79 Å². The summed E-state index contributed by atoms with van der Waals surface area (Å²) in [6.07, 6.45) is 10.6.